The van der Waals surface area contributed by atoms with Crippen LogP contribution >= 0.6 is 0 Å². The summed E-state index contributed by atoms with van der Waals surface area (Å²) in [5.74, 6) is 1.41. The molecule has 1 atom stereocenters. The van der Waals surface area contributed by atoms with Crippen molar-refractivity contribution in [2.45, 2.75) is 106 Å². The molecule has 1 unspecified atom stereocenters. The van der Waals surface area contributed by atoms with Gasteiger partial charge in [0.1, 0.15) is 0 Å². The standard InChI is InChI=1S/C28H39N3.2C2H6/c1-8-28(7,20(2)3)22-16-12-13-17-23(22)30-26-24(29-21-14-10-9-11-15-21)18-19-25(31-26)27(4,5)6;2*1-2/h10,12-20,29H,8-9,11H2,1-7H3,(H,30,31);2*1-2H3. The number of hydrogen-bond acceptors (Lipinski definition) is 3. The Balaban J connectivity index is 0.00000145. The SMILES string of the molecule is CC.CC.CCC(C)(c1ccccc1Nc1nc(C(C)(C)C)ccc1NC1=CCCC=C1)C(C)C. The molecule has 3 nitrogen and oxygen atoms in total. The Morgan fingerprint density at radius 1 is 0.857 bits per heavy atom. The molecule has 0 saturated heterocycles. The Kier molecular flexibility index (Phi) is 12.3. The van der Waals surface area contributed by atoms with Crippen LogP contribution in [0.5, 0.6) is 0 Å². The van der Waals surface area contributed by atoms with E-state index in [1.54, 1.807) is 0 Å². The molecule has 1 aliphatic carbocycles. The Morgan fingerprint density at radius 2 is 1.51 bits per heavy atom. The van der Waals surface area contributed by atoms with Crippen molar-refractivity contribution in [3.05, 3.63) is 71.6 Å². The molecular weight excluding hydrogens is 426 g/mol. The molecule has 1 aromatic heterocycles. The smallest absolute Gasteiger partial charge is 0.154 e. The van der Waals surface area contributed by atoms with Crippen molar-refractivity contribution in [2.75, 3.05) is 10.6 Å². The van der Waals surface area contributed by atoms with Crippen molar-refractivity contribution in [1.82, 2.24) is 4.98 Å². The summed E-state index contributed by atoms with van der Waals surface area (Å²) in [6.07, 6.45) is 9.89. The van der Waals surface area contributed by atoms with E-state index in [1.807, 2.05) is 27.7 Å². The Morgan fingerprint density at radius 3 is 2.06 bits per heavy atom. The third-order valence-corrected chi connectivity index (χ3v) is 6.74. The number of hydrogen-bond donors (Lipinski definition) is 2. The average Bonchev–Trinajstić information content (AvgIpc) is 2.87. The highest BCUT2D eigenvalue weighted by Gasteiger charge is 2.31. The van der Waals surface area contributed by atoms with Gasteiger partial charge in [-0.3, -0.25) is 0 Å². The van der Waals surface area contributed by atoms with Gasteiger partial charge in [-0.05, 0) is 60.4 Å². The molecule has 35 heavy (non-hydrogen) atoms. The van der Waals surface area contributed by atoms with Crippen LogP contribution in [0.3, 0.4) is 0 Å². The fourth-order valence-electron chi connectivity index (χ4n) is 4.06. The highest BCUT2D eigenvalue weighted by atomic mass is 15.1. The molecule has 1 aromatic carbocycles. The van der Waals surface area contributed by atoms with Gasteiger partial charge in [0.2, 0.25) is 0 Å². The molecule has 0 radical (unpaired) electrons. The number of para-hydroxylation sites is 1. The van der Waals surface area contributed by atoms with E-state index in [4.69, 9.17) is 4.98 Å². The first-order valence-corrected chi connectivity index (χ1v) is 13.7. The van der Waals surface area contributed by atoms with Gasteiger partial charge in [-0.25, -0.2) is 4.98 Å². The molecular formula is C32H51N3. The van der Waals surface area contributed by atoms with E-state index in [-0.39, 0.29) is 10.8 Å². The van der Waals surface area contributed by atoms with Crippen LogP contribution in [0.4, 0.5) is 17.2 Å². The second kappa shape index (κ2) is 14.1. The highest BCUT2D eigenvalue weighted by molar-refractivity contribution is 5.75. The number of allylic oxidation sites excluding steroid dienone is 3. The van der Waals surface area contributed by atoms with E-state index < -0.39 is 0 Å². The summed E-state index contributed by atoms with van der Waals surface area (Å²) in [4.78, 5) is 5.07. The van der Waals surface area contributed by atoms with Crippen LogP contribution in [0, 0.1) is 5.92 Å². The molecule has 1 heterocycles. The summed E-state index contributed by atoms with van der Waals surface area (Å²) in [6, 6.07) is 13.0. The summed E-state index contributed by atoms with van der Waals surface area (Å²) in [5.41, 5.74) is 5.76. The van der Waals surface area contributed by atoms with Crippen LogP contribution in [-0.2, 0) is 10.8 Å². The lowest BCUT2D eigenvalue weighted by Crippen LogP contribution is -2.28. The van der Waals surface area contributed by atoms with Gasteiger partial charge in [0, 0.05) is 22.5 Å². The van der Waals surface area contributed by atoms with Crippen LogP contribution in [0.1, 0.15) is 107 Å². The molecule has 3 rings (SSSR count). The zero-order chi connectivity index (χ0) is 26.6. The van der Waals surface area contributed by atoms with E-state index in [9.17, 15) is 0 Å². The quantitative estimate of drug-likeness (QED) is 0.416. The van der Waals surface area contributed by atoms with Crippen molar-refractivity contribution in [2.24, 2.45) is 5.92 Å². The van der Waals surface area contributed by atoms with Crippen LogP contribution in [0.25, 0.3) is 0 Å². The summed E-state index contributed by atoms with van der Waals surface area (Å²) in [6.45, 7) is 23.9. The summed E-state index contributed by atoms with van der Waals surface area (Å²) >= 11 is 0. The fraction of sp³-hybridized carbons (Fsp3) is 0.531. The number of pyridine rings is 1. The molecule has 0 fully saturated rings. The maximum Gasteiger partial charge on any atom is 0.154 e. The number of nitrogens with zero attached hydrogens (tertiary/aromatic N) is 1. The zero-order valence-electron chi connectivity index (χ0n) is 24.3. The van der Waals surface area contributed by atoms with E-state index in [0.29, 0.717) is 5.92 Å². The van der Waals surface area contributed by atoms with Gasteiger partial charge in [0.05, 0.1) is 5.69 Å². The topological polar surface area (TPSA) is 37.0 Å². The highest BCUT2D eigenvalue weighted by Crippen LogP contribution is 2.41. The lowest BCUT2D eigenvalue weighted by atomic mass is 9.71. The van der Waals surface area contributed by atoms with Crippen molar-refractivity contribution >= 4 is 17.2 Å². The largest absolute Gasteiger partial charge is 0.353 e. The maximum atomic E-state index is 5.07. The number of anilines is 3. The minimum atomic E-state index is -0.0195. The van der Waals surface area contributed by atoms with E-state index >= 15 is 0 Å². The molecule has 0 aliphatic heterocycles. The molecule has 0 amide bonds. The van der Waals surface area contributed by atoms with Crippen molar-refractivity contribution in [1.29, 1.82) is 0 Å². The van der Waals surface area contributed by atoms with Gasteiger partial charge in [-0.1, -0.05) is 107 Å². The summed E-state index contributed by atoms with van der Waals surface area (Å²) < 4.78 is 0. The Labute approximate surface area is 216 Å². The third kappa shape index (κ3) is 7.98. The summed E-state index contributed by atoms with van der Waals surface area (Å²) in [7, 11) is 0. The monoisotopic (exact) mass is 477 g/mol. The number of rotatable bonds is 7. The predicted octanol–water partition coefficient (Wildman–Crippen LogP) is 10.1. The molecule has 3 heteroatoms. The van der Waals surface area contributed by atoms with Gasteiger partial charge in [0.25, 0.3) is 0 Å². The molecule has 0 saturated carbocycles. The van der Waals surface area contributed by atoms with Crippen LogP contribution in [0.2, 0.25) is 0 Å². The van der Waals surface area contributed by atoms with Crippen LogP contribution in [0.15, 0.2) is 60.3 Å². The molecule has 2 aromatic rings. The minimum Gasteiger partial charge on any atom is -0.353 e. The molecule has 1 aliphatic rings. The Bertz CT molecular complexity index is 963. The van der Waals surface area contributed by atoms with Crippen molar-refractivity contribution in [3.8, 4) is 0 Å². The van der Waals surface area contributed by atoms with Crippen LogP contribution < -0.4 is 10.6 Å². The fourth-order valence-corrected chi connectivity index (χ4v) is 4.06. The van der Waals surface area contributed by atoms with Gasteiger partial charge >= 0.3 is 0 Å². The van der Waals surface area contributed by atoms with E-state index in [0.717, 1.165) is 47.8 Å². The van der Waals surface area contributed by atoms with Crippen LogP contribution in [-0.4, -0.2) is 4.98 Å². The molecule has 0 spiro atoms. The first kappa shape index (κ1) is 30.5. The average molecular weight is 478 g/mol. The van der Waals surface area contributed by atoms with Crippen molar-refractivity contribution in [3.63, 3.8) is 0 Å². The van der Waals surface area contributed by atoms with E-state index in [2.05, 4.69) is 114 Å². The third-order valence-electron chi connectivity index (χ3n) is 6.74. The van der Waals surface area contributed by atoms with Crippen molar-refractivity contribution < 1.29 is 0 Å². The second-order valence-corrected chi connectivity index (χ2v) is 10.2. The lowest BCUT2D eigenvalue weighted by Gasteiger charge is -2.35. The lowest BCUT2D eigenvalue weighted by molar-refractivity contribution is 0.327. The first-order valence-electron chi connectivity index (χ1n) is 13.7. The second-order valence-electron chi connectivity index (χ2n) is 10.2. The first-order chi connectivity index (χ1) is 16.6. The van der Waals surface area contributed by atoms with E-state index in [1.165, 1.54) is 5.56 Å². The molecule has 194 valence electrons. The molecule has 0 bridgehead atoms. The van der Waals surface area contributed by atoms with Gasteiger partial charge in [0.15, 0.2) is 5.82 Å². The minimum absolute atomic E-state index is 0.0195. The number of benzene rings is 1. The Hall–Kier alpha value is -2.55. The normalized spacial score (nSPS) is 14.6. The molecule has 2 N–H and O–H groups in total. The van der Waals surface area contributed by atoms with Gasteiger partial charge in [-0.15, -0.1) is 0 Å². The van der Waals surface area contributed by atoms with Gasteiger partial charge in [-0.2, -0.15) is 0 Å². The summed E-state index contributed by atoms with van der Waals surface area (Å²) in [5, 5.41) is 7.31. The maximum absolute atomic E-state index is 5.07. The predicted molar refractivity (Wildman–Crippen MR) is 158 cm³/mol. The number of aromatic nitrogens is 1. The van der Waals surface area contributed by atoms with Gasteiger partial charge < -0.3 is 10.6 Å². The zero-order valence-corrected chi connectivity index (χ0v) is 24.3. The number of nitrogens with one attached hydrogen (secondary N) is 2.